The van der Waals surface area contributed by atoms with Gasteiger partial charge < -0.3 is 10.4 Å². The lowest BCUT2D eigenvalue weighted by Gasteiger charge is -2.11. The number of carboxylic acids is 1. The third-order valence-corrected chi connectivity index (χ3v) is 3.82. The van der Waals surface area contributed by atoms with Crippen molar-refractivity contribution in [3.8, 4) is 0 Å². The van der Waals surface area contributed by atoms with E-state index in [2.05, 4.69) is 5.32 Å². The normalized spacial score (nSPS) is 11.9. The molecule has 0 radical (unpaired) electrons. The Morgan fingerprint density at radius 2 is 1.84 bits per heavy atom. The molecule has 1 unspecified atom stereocenters. The fraction of sp³-hybridized carbons (Fsp3) is 0.385. The van der Waals surface area contributed by atoms with Crippen LogP contribution < -0.4 is 5.32 Å². The Kier molecular flexibility index (Phi) is 5.69. The summed E-state index contributed by atoms with van der Waals surface area (Å²) in [6.45, 7) is 3.76. The minimum absolute atomic E-state index is 0.00446. The molecule has 1 atom stereocenters. The van der Waals surface area contributed by atoms with E-state index in [4.69, 9.17) is 5.11 Å². The summed E-state index contributed by atoms with van der Waals surface area (Å²) >= 11 is 0. The van der Waals surface area contributed by atoms with Gasteiger partial charge in [-0.25, -0.2) is 0 Å². The minimum atomic E-state index is -1.45. The lowest BCUT2D eigenvalue weighted by Crippen LogP contribution is -2.22. The van der Waals surface area contributed by atoms with E-state index in [1.54, 1.807) is 0 Å². The fourth-order valence-corrected chi connectivity index (χ4v) is 2.52. The summed E-state index contributed by atoms with van der Waals surface area (Å²) in [5.41, 5.74) is 2.59. The van der Waals surface area contributed by atoms with Crippen LogP contribution in [0.15, 0.2) is 18.2 Å². The maximum Gasteiger partial charge on any atom is 0.304 e. The van der Waals surface area contributed by atoms with E-state index in [0.717, 1.165) is 16.8 Å². The van der Waals surface area contributed by atoms with Crippen LogP contribution in [0.4, 0.5) is 5.69 Å². The number of carbonyl (C=O) groups is 2. The van der Waals surface area contributed by atoms with Crippen LogP contribution in [0, 0.1) is 13.8 Å². The number of anilines is 1. The number of para-hydroxylation sites is 1. The molecule has 104 valence electrons. The van der Waals surface area contributed by atoms with Gasteiger partial charge in [-0.15, -0.1) is 0 Å². The number of carbonyl (C=O) groups excluding carboxylic acids is 1. The van der Waals surface area contributed by atoms with Gasteiger partial charge in [-0.1, -0.05) is 18.2 Å². The van der Waals surface area contributed by atoms with Crippen LogP contribution in [0.3, 0.4) is 0 Å². The number of hydrogen-bond donors (Lipinski definition) is 2. The van der Waals surface area contributed by atoms with E-state index in [-0.39, 0.29) is 23.8 Å². The minimum Gasteiger partial charge on any atom is -0.481 e. The molecule has 0 aliphatic carbocycles. The zero-order chi connectivity index (χ0) is 14.4. The van der Waals surface area contributed by atoms with Crippen LogP contribution in [0.25, 0.3) is 0 Å². The molecule has 0 aliphatic heterocycles. The second-order valence-corrected chi connectivity index (χ2v) is 5.82. The Hall–Kier alpha value is -1.69. The molecule has 0 spiro atoms. The predicted molar refractivity (Wildman–Crippen MR) is 74.7 cm³/mol. The number of rotatable bonds is 6. The number of benzene rings is 1. The van der Waals surface area contributed by atoms with Crippen LogP contribution in [0.2, 0.25) is 0 Å². The first kappa shape index (κ1) is 15.4. The maximum absolute atomic E-state index is 11.7. The number of nitrogens with one attached hydrogen (secondary N) is 1. The van der Waals surface area contributed by atoms with Crippen LogP contribution >= 0.6 is 0 Å². The third kappa shape index (κ3) is 5.21. The number of amides is 1. The van der Waals surface area contributed by atoms with Crippen LogP contribution in [0.5, 0.6) is 0 Å². The molecule has 0 fully saturated rings. The highest BCUT2D eigenvalue weighted by Crippen LogP contribution is 2.19. The second kappa shape index (κ2) is 7.04. The molecule has 0 aliphatic rings. The standard InChI is InChI=1S/C13H17NO4S/c1-9-4-3-5-10(2)13(9)14-11(15)8-19(18)7-6-12(16)17/h3-5H,6-8H2,1-2H3,(H,14,15)(H,16,17). The number of aryl methyl sites for hydroxylation is 2. The molecule has 2 N–H and O–H groups in total. The molecule has 0 bridgehead atoms. The van der Waals surface area contributed by atoms with Crippen molar-refractivity contribution in [1.29, 1.82) is 0 Å². The topological polar surface area (TPSA) is 83.5 Å². The molecule has 6 heteroatoms. The van der Waals surface area contributed by atoms with Gasteiger partial charge in [0.15, 0.2) is 0 Å². The first-order valence-corrected chi connectivity index (χ1v) is 7.32. The highest BCUT2D eigenvalue weighted by atomic mass is 32.2. The molecule has 1 aromatic rings. The molecule has 0 saturated heterocycles. The predicted octanol–water partition coefficient (Wildman–Crippen LogP) is 1.47. The molecule has 5 nitrogen and oxygen atoms in total. The van der Waals surface area contributed by atoms with Gasteiger partial charge in [-0.3, -0.25) is 13.8 Å². The molecule has 0 saturated carbocycles. The van der Waals surface area contributed by atoms with Crippen molar-refractivity contribution < 1.29 is 18.9 Å². The van der Waals surface area contributed by atoms with Crippen molar-refractivity contribution in [2.75, 3.05) is 16.8 Å². The molecule has 0 aromatic heterocycles. The largest absolute Gasteiger partial charge is 0.481 e. The Balaban J connectivity index is 2.56. The van der Waals surface area contributed by atoms with Gasteiger partial charge >= 0.3 is 5.97 Å². The van der Waals surface area contributed by atoms with Crippen molar-refractivity contribution >= 4 is 28.4 Å². The second-order valence-electron chi connectivity index (χ2n) is 4.25. The van der Waals surface area contributed by atoms with Crippen molar-refractivity contribution in [3.05, 3.63) is 29.3 Å². The molecule has 1 aromatic carbocycles. The summed E-state index contributed by atoms with van der Waals surface area (Å²) < 4.78 is 11.5. The van der Waals surface area contributed by atoms with Crippen LogP contribution in [0.1, 0.15) is 17.5 Å². The van der Waals surface area contributed by atoms with E-state index in [1.807, 2.05) is 32.0 Å². The summed E-state index contributed by atoms with van der Waals surface area (Å²) in [7, 11) is -1.45. The van der Waals surface area contributed by atoms with E-state index >= 15 is 0 Å². The Labute approximate surface area is 114 Å². The Morgan fingerprint density at radius 1 is 1.26 bits per heavy atom. The van der Waals surface area contributed by atoms with Gasteiger partial charge in [-0.2, -0.15) is 0 Å². The fourth-order valence-electron chi connectivity index (χ4n) is 1.61. The summed E-state index contributed by atoms with van der Waals surface area (Å²) in [6.07, 6.45) is -0.191. The van der Waals surface area contributed by atoms with Crippen molar-refractivity contribution in [1.82, 2.24) is 0 Å². The highest BCUT2D eigenvalue weighted by Gasteiger charge is 2.12. The van der Waals surface area contributed by atoms with Gasteiger partial charge in [0.2, 0.25) is 5.91 Å². The quantitative estimate of drug-likeness (QED) is 0.828. The Bertz CT molecular complexity index is 493. The summed E-state index contributed by atoms with van der Waals surface area (Å²) in [6, 6.07) is 5.65. The van der Waals surface area contributed by atoms with Crippen molar-refractivity contribution in [2.24, 2.45) is 0 Å². The molecule has 1 rings (SSSR count). The maximum atomic E-state index is 11.7. The van der Waals surface area contributed by atoms with Gasteiger partial charge in [0, 0.05) is 22.2 Å². The van der Waals surface area contributed by atoms with Crippen molar-refractivity contribution in [3.63, 3.8) is 0 Å². The average Bonchev–Trinajstić information content (AvgIpc) is 2.31. The SMILES string of the molecule is Cc1cccc(C)c1NC(=O)CS(=O)CCC(=O)O. The summed E-state index contributed by atoms with van der Waals surface area (Å²) in [5.74, 6) is -1.55. The van der Waals surface area contributed by atoms with E-state index in [0.29, 0.717) is 0 Å². The van der Waals surface area contributed by atoms with Crippen molar-refractivity contribution in [2.45, 2.75) is 20.3 Å². The van der Waals surface area contributed by atoms with Gasteiger partial charge in [-0.05, 0) is 25.0 Å². The lowest BCUT2D eigenvalue weighted by atomic mass is 10.1. The van der Waals surface area contributed by atoms with Crippen LogP contribution in [-0.4, -0.2) is 32.7 Å². The average molecular weight is 283 g/mol. The smallest absolute Gasteiger partial charge is 0.304 e. The van der Waals surface area contributed by atoms with Gasteiger partial charge in [0.25, 0.3) is 0 Å². The molecular formula is C13H17NO4S. The summed E-state index contributed by atoms with van der Waals surface area (Å²) in [4.78, 5) is 22.1. The summed E-state index contributed by atoms with van der Waals surface area (Å²) in [5, 5.41) is 11.2. The molecular weight excluding hydrogens is 266 g/mol. The lowest BCUT2D eigenvalue weighted by molar-refractivity contribution is -0.136. The van der Waals surface area contributed by atoms with Gasteiger partial charge in [0.05, 0.1) is 6.42 Å². The zero-order valence-corrected chi connectivity index (χ0v) is 11.8. The van der Waals surface area contributed by atoms with E-state index in [1.165, 1.54) is 0 Å². The zero-order valence-electron chi connectivity index (χ0n) is 10.9. The highest BCUT2D eigenvalue weighted by molar-refractivity contribution is 7.85. The molecule has 1 amide bonds. The van der Waals surface area contributed by atoms with Gasteiger partial charge in [0.1, 0.15) is 5.75 Å². The number of hydrogen-bond acceptors (Lipinski definition) is 3. The number of carboxylic acid groups (broad SMARTS) is 1. The monoisotopic (exact) mass is 283 g/mol. The first-order chi connectivity index (χ1) is 8.90. The molecule has 19 heavy (non-hydrogen) atoms. The van der Waals surface area contributed by atoms with Crippen LogP contribution in [-0.2, 0) is 20.4 Å². The number of aliphatic carboxylic acids is 1. The Morgan fingerprint density at radius 3 is 2.37 bits per heavy atom. The first-order valence-electron chi connectivity index (χ1n) is 5.83. The van der Waals surface area contributed by atoms with E-state index < -0.39 is 16.8 Å². The molecule has 0 heterocycles. The van der Waals surface area contributed by atoms with E-state index in [9.17, 15) is 13.8 Å². The third-order valence-electron chi connectivity index (χ3n) is 2.58.